The van der Waals surface area contributed by atoms with E-state index < -0.39 is 29.8 Å². The van der Waals surface area contributed by atoms with Crippen molar-refractivity contribution in [1.82, 2.24) is 4.90 Å². The minimum Gasteiger partial charge on any atom is -0.495 e. The van der Waals surface area contributed by atoms with Gasteiger partial charge >= 0.3 is 0 Å². The zero-order valence-electron chi connectivity index (χ0n) is 20.5. The number of carbonyl (C=O) groups excluding carboxylic acids is 3. The molecule has 2 atom stereocenters. The summed E-state index contributed by atoms with van der Waals surface area (Å²) in [4.78, 5) is 42.8. The summed E-state index contributed by atoms with van der Waals surface area (Å²) in [6.07, 6.45) is 0. The van der Waals surface area contributed by atoms with Gasteiger partial charge in [-0.15, -0.1) is 0 Å². The normalized spacial score (nSPS) is 18.5. The van der Waals surface area contributed by atoms with E-state index in [4.69, 9.17) is 30.5 Å². The molecular formula is C27H23ClN2O7. The molecule has 0 saturated carbocycles. The van der Waals surface area contributed by atoms with Crippen molar-refractivity contribution in [3.8, 4) is 23.0 Å². The van der Waals surface area contributed by atoms with Crippen molar-refractivity contribution >= 4 is 35.0 Å². The maximum atomic E-state index is 13.7. The monoisotopic (exact) mass is 522 g/mol. The lowest BCUT2D eigenvalue weighted by atomic mass is 9.86. The number of carbonyl (C=O) groups is 3. The van der Waals surface area contributed by atoms with Crippen LogP contribution in [0.15, 0.2) is 54.6 Å². The lowest BCUT2D eigenvalue weighted by Gasteiger charge is -2.50. The van der Waals surface area contributed by atoms with Gasteiger partial charge in [-0.2, -0.15) is 0 Å². The number of ether oxygens (including phenoxy) is 4. The molecule has 1 saturated heterocycles. The number of nitrogens with zero attached hydrogens (tertiary/aromatic N) is 2. The third kappa shape index (κ3) is 3.65. The molecule has 2 heterocycles. The molecule has 3 amide bonds. The number of benzene rings is 3. The molecule has 0 bridgehead atoms. The van der Waals surface area contributed by atoms with Gasteiger partial charge in [-0.25, -0.2) is 0 Å². The first kappa shape index (κ1) is 24.5. The maximum absolute atomic E-state index is 13.7. The van der Waals surface area contributed by atoms with Crippen molar-refractivity contribution in [2.45, 2.75) is 12.1 Å². The van der Waals surface area contributed by atoms with Crippen LogP contribution in [0.2, 0.25) is 5.02 Å². The molecule has 0 radical (unpaired) electrons. The number of hydrogen-bond acceptors (Lipinski definition) is 7. The highest BCUT2D eigenvalue weighted by molar-refractivity contribution is 6.32. The summed E-state index contributed by atoms with van der Waals surface area (Å²) in [6.45, 7) is 0. The van der Waals surface area contributed by atoms with Gasteiger partial charge in [-0.3, -0.25) is 19.3 Å². The number of halogens is 1. The highest BCUT2D eigenvalue weighted by Gasteiger charge is 2.57. The smallest absolute Gasteiger partial charge is 0.262 e. The summed E-state index contributed by atoms with van der Waals surface area (Å²) >= 11 is 6.36. The van der Waals surface area contributed by atoms with Gasteiger partial charge < -0.3 is 23.8 Å². The van der Waals surface area contributed by atoms with E-state index in [1.54, 1.807) is 54.6 Å². The Bertz CT molecular complexity index is 1380. The van der Waals surface area contributed by atoms with E-state index >= 15 is 0 Å². The molecule has 10 heteroatoms. The van der Waals surface area contributed by atoms with Gasteiger partial charge in [0, 0.05) is 5.69 Å². The topological polar surface area (TPSA) is 94.6 Å². The first-order chi connectivity index (χ1) is 17.9. The van der Waals surface area contributed by atoms with Crippen molar-refractivity contribution < 1.29 is 33.3 Å². The van der Waals surface area contributed by atoms with Crippen molar-refractivity contribution in [2.24, 2.45) is 0 Å². The highest BCUT2D eigenvalue weighted by atomic mass is 35.5. The molecule has 1 fully saturated rings. The molecule has 3 aromatic rings. The number of β-lactam (4-membered cyclic amide) rings is 1. The predicted octanol–water partition coefficient (Wildman–Crippen LogP) is 4.13. The second-order valence-corrected chi connectivity index (χ2v) is 8.81. The zero-order chi connectivity index (χ0) is 26.4. The third-order valence-electron chi connectivity index (χ3n) is 6.61. The van der Waals surface area contributed by atoms with Crippen LogP contribution in [0.3, 0.4) is 0 Å². The summed E-state index contributed by atoms with van der Waals surface area (Å²) in [5, 5.41) is 0.306. The minimum atomic E-state index is -1.10. The predicted molar refractivity (Wildman–Crippen MR) is 135 cm³/mol. The Kier molecular flexibility index (Phi) is 6.16. The van der Waals surface area contributed by atoms with Crippen LogP contribution in [0.4, 0.5) is 5.69 Å². The van der Waals surface area contributed by atoms with Crippen LogP contribution in [0, 0.1) is 0 Å². The average Bonchev–Trinajstić information content (AvgIpc) is 3.16. The largest absolute Gasteiger partial charge is 0.495 e. The van der Waals surface area contributed by atoms with E-state index in [0.29, 0.717) is 39.3 Å². The Balaban J connectivity index is 1.65. The molecular weight excluding hydrogens is 500 g/mol. The second kappa shape index (κ2) is 9.33. The molecule has 5 rings (SSSR count). The molecule has 0 spiro atoms. The summed E-state index contributed by atoms with van der Waals surface area (Å²) in [6, 6.07) is 13.0. The molecule has 37 heavy (non-hydrogen) atoms. The van der Waals surface area contributed by atoms with Crippen LogP contribution >= 0.6 is 11.6 Å². The molecule has 0 aliphatic carbocycles. The maximum Gasteiger partial charge on any atom is 0.262 e. The van der Waals surface area contributed by atoms with Gasteiger partial charge in [-0.1, -0.05) is 23.7 Å². The quantitative estimate of drug-likeness (QED) is 0.340. The van der Waals surface area contributed by atoms with E-state index in [2.05, 4.69) is 0 Å². The van der Waals surface area contributed by atoms with Crippen LogP contribution in [0.5, 0.6) is 23.0 Å². The van der Waals surface area contributed by atoms with Crippen molar-refractivity contribution in [1.29, 1.82) is 0 Å². The summed E-state index contributed by atoms with van der Waals surface area (Å²) in [5.74, 6) is 0.0625. The van der Waals surface area contributed by atoms with Crippen LogP contribution in [0.25, 0.3) is 0 Å². The van der Waals surface area contributed by atoms with Gasteiger partial charge in [0.1, 0.15) is 11.8 Å². The summed E-state index contributed by atoms with van der Waals surface area (Å²) < 4.78 is 21.7. The van der Waals surface area contributed by atoms with Crippen molar-refractivity contribution in [3.63, 3.8) is 0 Å². The molecule has 3 aromatic carbocycles. The number of fused-ring (bicyclic) bond motifs is 1. The summed E-state index contributed by atoms with van der Waals surface area (Å²) in [7, 11) is 5.94. The SMILES string of the molecule is COc1ccc(N2C(=O)[C@@H](N3C(=O)c4ccccc4C3=O)[C@@H]2c2cc(OC)c(OC)c(OC)c2)cc1Cl. The zero-order valence-corrected chi connectivity index (χ0v) is 21.2. The number of amides is 3. The van der Waals surface area contributed by atoms with Crippen LogP contribution < -0.4 is 23.8 Å². The van der Waals surface area contributed by atoms with E-state index in [0.717, 1.165) is 4.90 Å². The lowest BCUT2D eigenvalue weighted by Crippen LogP contribution is -2.67. The van der Waals surface area contributed by atoms with Gasteiger partial charge in [-0.05, 0) is 48.0 Å². The summed E-state index contributed by atoms with van der Waals surface area (Å²) in [5.41, 5.74) is 1.56. The number of hydrogen-bond donors (Lipinski definition) is 0. The molecule has 2 aliphatic rings. The Labute approximate surface area is 218 Å². The van der Waals surface area contributed by atoms with Crippen LogP contribution in [-0.2, 0) is 4.79 Å². The van der Waals surface area contributed by atoms with Gasteiger partial charge in [0.25, 0.3) is 17.7 Å². The minimum absolute atomic E-state index is 0.259. The van der Waals surface area contributed by atoms with Gasteiger partial charge in [0.05, 0.1) is 50.6 Å². The first-order valence-corrected chi connectivity index (χ1v) is 11.7. The lowest BCUT2D eigenvalue weighted by molar-refractivity contribution is -0.130. The molecule has 2 aliphatic heterocycles. The van der Waals surface area contributed by atoms with Crippen LogP contribution in [0.1, 0.15) is 32.3 Å². The van der Waals surface area contributed by atoms with Crippen molar-refractivity contribution in [3.05, 3.63) is 76.3 Å². The highest BCUT2D eigenvalue weighted by Crippen LogP contribution is 2.49. The van der Waals surface area contributed by atoms with E-state index in [9.17, 15) is 14.4 Å². The number of methoxy groups -OCH3 is 4. The van der Waals surface area contributed by atoms with E-state index in [1.807, 2.05) is 0 Å². The molecule has 0 aromatic heterocycles. The van der Waals surface area contributed by atoms with Crippen molar-refractivity contribution in [2.75, 3.05) is 33.3 Å². The Morgan fingerprint density at radius 3 is 1.73 bits per heavy atom. The molecule has 9 nitrogen and oxygen atoms in total. The Morgan fingerprint density at radius 2 is 1.24 bits per heavy atom. The molecule has 190 valence electrons. The third-order valence-corrected chi connectivity index (χ3v) is 6.91. The van der Waals surface area contributed by atoms with Gasteiger partial charge in [0.2, 0.25) is 5.75 Å². The Hall–Kier alpha value is -4.24. The van der Waals surface area contributed by atoms with E-state index in [1.165, 1.54) is 33.3 Å². The number of rotatable bonds is 7. The molecule has 0 N–H and O–H groups in total. The molecule has 0 unspecified atom stereocenters. The fourth-order valence-electron chi connectivity index (χ4n) is 4.88. The number of anilines is 1. The van der Waals surface area contributed by atoms with Gasteiger partial charge in [0.15, 0.2) is 11.5 Å². The first-order valence-electron chi connectivity index (χ1n) is 11.3. The number of imide groups is 1. The van der Waals surface area contributed by atoms with Crippen LogP contribution in [-0.4, -0.2) is 57.1 Å². The fourth-order valence-corrected chi connectivity index (χ4v) is 5.13. The standard InChI is InChI=1S/C27H23ClN2O7/c1-34-19-10-9-15(13-18(19)28)29-22(14-11-20(35-2)24(37-4)21(12-14)36-3)23(27(29)33)30-25(31)16-7-5-6-8-17(16)26(30)32/h5-13,22-23H,1-4H3/t22-,23-/m0/s1. The van der Waals surface area contributed by atoms with E-state index in [-0.39, 0.29) is 11.1 Å². The second-order valence-electron chi connectivity index (χ2n) is 8.40. The Morgan fingerprint density at radius 1 is 0.676 bits per heavy atom. The fraction of sp³-hybridized carbons (Fsp3) is 0.222. The average molecular weight is 523 g/mol.